The van der Waals surface area contributed by atoms with Crippen molar-refractivity contribution in [2.24, 2.45) is 0 Å². The summed E-state index contributed by atoms with van der Waals surface area (Å²) < 4.78 is 11.0. The van der Waals surface area contributed by atoms with Crippen LogP contribution in [-0.2, 0) is 4.94 Å². The molecule has 0 aromatic carbocycles. The minimum absolute atomic E-state index is 0.164. The van der Waals surface area contributed by atoms with Crippen LogP contribution in [0.3, 0.4) is 0 Å². The lowest BCUT2D eigenvalue weighted by molar-refractivity contribution is -0.0850. The van der Waals surface area contributed by atoms with Gasteiger partial charge in [0, 0.05) is 16.3 Å². The summed E-state index contributed by atoms with van der Waals surface area (Å²) in [6.07, 6.45) is 0.524. The molecule has 0 bridgehead atoms. The maximum Gasteiger partial charge on any atom is 0.142 e. The van der Waals surface area contributed by atoms with Gasteiger partial charge in [0.15, 0.2) is 0 Å². The summed E-state index contributed by atoms with van der Waals surface area (Å²) >= 11 is 3.08. The third-order valence-electron chi connectivity index (χ3n) is 0.482. The molecule has 0 aromatic rings. The Morgan fingerprint density at radius 2 is 2.43 bits per heavy atom. The van der Waals surface area contributed by atoms with Crippen molar-refractivity contribution in [3.05, 3.63) is 12.3 Å². The van der Waals surface area contributed by atoms with Gasteiger partial charge in [-0.25, -0.2) is 0 Å². The zero-order valence-corrected chi connectivity index (χ0v) is 5.37. The highest BCUT2D eigenvalue weighted by Gasteiger charge is 1.89. The number of allylic oxidation sites excluding steroid dienone is 1. The number of rotatable bonds is 3. The summed E-state index contributed by atoms with van der Waals surface area (Å²) in [5, 5.41) is 0.690. The van der Waals surface area contributed by atoms with E-state index in [1.807, 2.05) is 0 Å². The maximum atomic E-state index is 11.0. The standard InChI is InChI=1S/C4H6BrFO/c1-4(7-6)2-3-5/h1-3H2. The highest BCUT2D eigenvalue weighted by atomic mass is 79.9. The van der Waals surface area contributed by atoms with Gasteiger partial charge in [0.2, 0.25) is 0 Å². The number of alkyl halides is 1. The van der Waals surface area contributed by atoms with Crippen LogP contribution in [-0.4, -0.2) is 5.33 Å². The predicted octanol–water partition coefficient (Wildman–Crippen LogP) is 2.19. The molecule has 0 aliphatic carbocycles. The highest BCUT2D eigenvalue weighted by Crippen LogP contribution is 2.01. The molecule has 0 amide bonds. The molecule has 0 saturated heterocycles. The van der Waals surface area contributed by atoms with Gasteiger partial charge in [-0.1, -0.05) is 22.5 Å². The first-order chi connectivity index (χ1) is 3.31. The normalized spacial score (nSPS) is 8.29. The van der Waals surface area contributed by atoms with Crippen molar-refractivity contribution in [3.63, 3.8) is 0 Å². The predicted molar refractivity (Wildman–Crippen MR) is 29.7 cm³/mol. The number of hydrogen-bond acceptors (Lipinski definition) is 1. The smallest absolute Gasteiger partial charge is 0.142 e. The van der Waals surface area contributed by atoms with Crippen molar-refractivity contribution >= 4 is 15.9 Å². The van der Waals surface area contributed by atoms with Crippen LogP contribution in [0.1, 0.15) is 6.42 Å². The van der Waals surface area contributed by atoms with E-state index in [4.69, 9.17) is 0 Å². The molecule has 0 atom stereocenters. The van der Waals surface area contributed by atoms with Crippen molar-refractivity contribution in [3.8, 4) is 0 Å². The van der Waals surface area contributed by atoms with Gasteiger partial charge >= 0.3 is 0 Å². The molecule has 42 valence electrons. The number of hydrogen-bond donors (Lipinski definition) is 0. The summed E-state index contributed by atoms with van der Waals surface area (Å²) in [4.78, 5) is 3.27. The molecule has 0 unspecified atom stereocenters. The monoisotopic (exact) mass is 168 g/mol. The molecule has 3 heteroatoms. The SMILES string of the molecule is C=C(CCBr)OF. The lowest BCUT2D eigenvalue weighted by Gasteiger charge is -1.90. The Balaban J connectivity index is 3.00. The van der Waals surface area contributed by atoms with Crippen molar-refractivity contribution in [1.82, 2.24) is 0 Å². The third kappa shape index (κ3) is 3.79. The third-order valence-corrected chi connectivity index (χ3v) is 0.879. The molecule has 0 heterocycles. The minimum atomic E-state index is 0.164. The summed E-state index contributed by atoms with van der Waals surface area (Å²) in [6, 6.07) is 0. The van der Waals surface area contributed by atoms with Crippen molar-refractivity contribution in [1.29, 1.82) is 0 Å². The average molecular weight is 169 g/mol. The molecule has 0 N–H and O–H groups in total. The quantitative estimate of drug-likeness (QED) is 0.464. The largest absolute Gasteiger partial charge is 0.300 e. The fraction of sp³-hybridized carbons (Fsp3) is 0.500. The van der Waals surface area contributed by atoms with Crippen LogP contribution in [0.25, 0.3) is 0 Å². The van der Waals surface area contributed by atoms with E-state index in [-0.39, 0.29) is 5.76 Å². The van der Waals surface area contributed by atoms with E-state index in [9.17, 15) is 4.53 Å². The van der Waals surface area contributed by atoms with Gasteiger partial charge < -0.3 is 0 Å². The summed E-state index contributed by atoms with van der Waals surface area (Å²) in [5.74, 6) is 0.164. The van der Waals surface area contributed by atoms with E-state index in [2.05, 4.69) is 27.5 Å². The van der Waals surface area contributed by atoms with Gasteiger partial charge in [0.05, 0.1) is 0 Å². The summed E-state index contributed by atoms with van der Waals surface area (Å²) in [5.41, 5.74) is 0. The summed E-state index contributed by atoms with van der Waals surface area (Å²) in [6.45, 7) is 3.24. The highest BCUT2D eigenvalue weighted by molar-refractivity contribution is 9.09. The van der Waals surface area contributed by atoms with Crippen LogP contribution in [0.15, 0.2) is 12.3 Å². The van der Waals surface area contributed by atoms with E-state index in [1.165, 1.54) is 0 Å². The zero-order chi connectivity index (χ0) is 5.70. The minimum Gasteiger partial charge on any atom is -0.300 e. The fourth-order valence-corrected chi connectivity index (χ4v) is 0.586. The molecule has 0 radical (unpaired) electrons. The maximum absolute atomic E-state index is 11.0. The van der Waals surface area contributed by atoms with Gasteiger partial charge in [-0.2, -0.15) is 0 Å². The van der Waals surface area contributed by atoms with Crippen LogP contribution < -0.4 is 0 Å². The molecule has 0 aliphatic heterocycles. The second kappa shape index (κ2) is 4.12. The molecule has 7 heavy (non-hydrogen) atoms. The molecule has 0 saturated carbocycles. The second-order valence-corrected chi connectivity index (χ2v) is 1.85. The second-order valence-electron chi connectivity index (χ2n) is 1.05. The molecular weight excluding hydrogens is 163 g/mol. The zero-order valence-electron chi connectivity index (χ0n) is 3.79. The molecule has 0 aliphatic rings. The Labute approximate surface area is 50.2 Å². The van der Waals surface area contributed by atoms with Crippen molar-refractivity contribution in [2.45, 2.75) is 6.42 Å². The Morgan fingerprint density at radius 1 is 1.86 bits per heavy atom. The molecule has 1 nitrogen and oxygen atoms in total. The lowest BCUT2D eigenvalue weighted by Crippen LogP contribution is -1.79. The molecule has 0 spiro atoms. The Bertz CT molecular complexity index is 64.7. The van der Waals surface area contributed by atoms with E-state index in [1.54, 1.807) is 0 Å². The Kier molecular flexibility index (Phi) is 4.09. The van der Waals surface area contributed by atoms with E-state index in [0.717, 1.165) is 0 Å². The fourth-order valence-electron chi connectivity index (χ4n) is 0.144. The first-order valence-corrected chi connectivity index (χ1v) is 2.95. The van der Waals surface area contributed by atoms with Crippen LogP contribution in [0.5, 0.6) is 0 Å². The van der Waals surface area contributed by atoms with E-state index >= 15 is 0 Å². The molecular formula is C4H6BrFO. The van der Waals surface area contributed by atoms with Gasteiger partial charge in [-0.05, 0) is 0 Å². The van der Waals surface area contributed by atoms with Gasteiger partial charge in [-0.15, -0.1) is 0 Å². The van der Waals surface area contributed by atoms with Crippen LogP contribution in [0, 0.1) is 0 Å². The van der Waals surface area contributed by atoms with E-state index < -0.39 is 0 Å². The van der Waals surface area contributed by atoms with Gasteiger partial charge in [0.25, 0.3) is 0 Å². The summed E-state index contributed by atoms with van der Waals surface area (Å²) in [7, 11) is 0. The number of halogens is 2. The Morgan fingerprint density at radius 3 is 2.57 bits per heavy atom. The van der Waals surface area contributed by atoms with E-state index in [0.29, 0.717) is 11.8 Å². The van der Waals surface area contributed by atoms with Crippen LogP contribution in [0.2, 0.25) is 0 Å². The lowest BCUT2D eigenvalue weighted by atomic mass is 10.4. The van der Waals surface area contributed by atoms with Crippen molar-refractivity contribution < 1.29 is 9.47 Å². The molecule has 0 aromatic heterocycles. The van der Waals surface area contributed by atoms with Crippen LogP contribution in [0.4, 0.5) is 4.53 Å². The van der Waals surface area contributed by atoms with Gasteiger partial charge in [-0.3, -0.25) is 4.94 Å². The molecule has 0 fully saturated rings. The van der Waals surface area contributed by atoms with Crippen LogP contribution >= 0.6 is 15.9 Å². The first-order valence-electron chi connectivity index (χ1n) is 1.83. The first kappa shape index (κ1) is 6.95. The Hall–Kier alpha value is -0.0500. The topological polar surface area (TPSA) is 9.23 Å². The van der Waals surface area contributed by atoms with Gasteiger partial charge in [0.1, 0.15) is 5.76 Å². The van der Waals surface area contributed by atoms with Crippen molar-refractivity contribution in [2.75, 3.05) is 5.33 Å². The average Bonchev–Trinajstić information content (AvgIpc) is 1.68. The molecule has 0 rings (SSSR count).